The van der Waals surface area contributed by atoms with Gasteiger partial charge in [0.25, 0.3) is 11.8 Å². The average molecular weight is 1030 g/mol. The van der Waals surface area contributed by atoms with E-state index in [1.807, 2.05) is 31.4 Å². The van der Waals surface area contributed by atoms with Crippen LogP contribution in [0.1, 0.15) is 64.8 Å². The summed E-state index contributed by atoms with van der Waals surface area (Å²) < 4.78 is 60.0. The molecule has 0 bridgehead atoms. The lowest BCUT2D eigenvalue weighted by atomic mass is 10.0. The second-order valence-electron chi connectivity index (χ2n) is 17.6. The fraction of sp³-hybridized carbons (Fsp3) is 0.460. The molecule has 3 aromatic heterocycles. The lowest BCUT2D eigenvalue weighted by Gasteiger charge is -2.34. The number of carbonyl (C=O) groups excluding carboxylic acids is 5. The quantitative estimate of drug-likeness (QED) is 0.0459. The summed E-state index contributed by atoms with van der Waals surface area (Å²) in [6.07, 6.45) is 2.95. The maximum Gasteiger partial charge on any atom is 0.263 e. The molecule has 0 saturated carbocycles. The Hall–Kier alpha value is -6.34. The van der Waals surface area contributed by atoms with Crippen molar-refractivity contribution in [1.82, 2.24) is 44.5 Å². The predicted molar refractivity (Wildman–Crippen MR) is 263 cm³/mol. The van der Waals surface area contributed by atoms with Crippen LogP contribution in [0.3, 0.4) is 0 Å². The van der Waals surface area contributed by atoms with Crippen molar-refractivity contribution in [1.29, 1.82) is 0 Å². The molecule has 2 aromatic carbocycles. The Balaban J connectivity index is 0.626. The van der Waals surface area contributed by atoms with Gasteiger partial charge in [-0.15, -0.1) is 11.8 Å². The van der Waals surface area contributed by atoms with Crippen molar-refractivity contribution in [2.24, 2.45) is 0 Å². The zero-order chi connectivity index (χ0) is 51.4. The van der Waals surface area contributed by atoms with Crippen molar-refractivity contribution in [2.75, 3.05) is 103 Å². The first-order valence-electron chi connectivity index (χ1n) is 24.2. The normalized spacial score (nSPS) is 16.3. The van der Waals surface area contributed by atoms with Crippen LogP contribution in [0, 0.1) is 18.6 Å². The largest absolute Gasteiger partial charge is 0.378 e. The Morgan fingerprint density at radius 3 is 2.19 bits per heavy atom. The van der Waals surface area contributed by atoms with E-state index >= 15 is 8.78 Å². The molecule has 8 rings (SSSR count). The van der Waals surface area contributed by atoms with E-state index in [4.69, 9.17) is 23.7 Å². The molecule has 73 heavy (non-hydrogen) atoms. The lowest BCUT2D eigenvalue weighted by Crippen LogP contribution is -2.54. The molecule has 0 radical (unpaired) electrons. The number of pyridine rings is 1. The molecule has 3 aliphatic rings. The van der Waals surface area contributed by atoms with Crippen LogP contribution >= 0.6 is 11.8 Å². The summed E-state index contributed by atoms with van der Waals surface area (Å²) in [5, 5.41) is 5.22. The van der Waals surface area contributed by atoms with Crippen LogP contribution in [0.25, 0.3) is 22.3 Å². The van der Waals surface area contributed by atoms with Crippen LogP contribution in [0.5, 0.6) is 0 Å². The van der Waals surface area contributed by atoms with Gasteiger partial charge < -0.3 is 38.5 Å². The molecule has 2 fully saturated rings. The van der Waals surface area contributed by atoms with Crippen molar-refractivity contribution in [2.45, 2.75) is 57.1 Å². The van der Waals surface area contributed by atoms with Gasteiger partial charge in [0.05, 0.1) is 82.3 Å². The van der Waals surface area contributed by atoms with Crippen LogP contribution < -0.4 is 10.6 Å². The molecular weight excluding hydrogens is 971 g/mol. The number of aromatic nitrogens is 5. The number of piperazine rings is 1. The number of imide groups is 2. The number of halogens is 2. The van der Waals surface area contributed by atoms with Gasteiger partial charge in [-0.05, 0) is 63.1 Å². The van der Waals surface area contributed by atoms with Gasteiger partial charge in [-0.3, -0.25) is 39.1 Å². The Morgan fingerprint density at radius 1 is 0.822 bits per heavy atom. The van der Waals surface area contributed by atoms with E-state index in [0.717, 1.165) is 16.7 Å². The number of nitrogens with zero attached hydrogens (tertiary/aromatic N) is 8. The monoisotopic (exact) mass is 1030 g/mol. The van der Waals surface area contributed by atoms with Gasteiger partial charge in [-0.1, -0.05) is 12.1 Å². The Morgan fingerprint density at radius 2 is 1.52 bits per heavy atom. The van der Waals surface area contributed by atoms with Gasteiger partial charge in [0.2, 0.25) is 23.7 Å². The minimum atomic E-state index is -1.01. The third-order valence-electron chi connectivity index (χ3n) is 12.3. The second-order valence-corrected chi connectivity index (χ2v) is 18.8. The topological polar surface area (TPSA) is 222 Å². The first kappa shape index (κ1) is 53.0. The number of nitrogens with one attached hydrogen (secondary N) is 2. The molecule has 2 N–H and O–H groups in total. The number of fused-ring (bicyclic) bond motifs is 2. The highest BCUT2D eigenvalue weighted by Crippen LogP contribution is 2.35. The summed E-state index contributed by atoms with van der Waals surface area (Å²) >= 11 is 1.38. The molecule has 388 valence electrons. The summed E-state index contributed by atoms with van der Waals surface area (Å²) in [5.74, 6) is -1.71. The zero-order valence-corrected chi connectivity index (χ0v) is 41.7. The maximum atomic E-state index is 15.1. The van der Waals surface area contributed by atoms with Crippen molar-refractivity contribution in [3.05, 3.63) is 89.0 Å². The van der Waals surface area contributed by atoms with Crippen LogP contribution in [0.2, 0.25) is 0 Å². The lowest BCUT2D eigenvalue weighted by molar-refractivity contribution is -0.138. The van der Waals surface area contributed by atoms with Crippen molar-refractivity contribution in [3.8, 4) is 11.3 Å². The third kappa shape index (κ3) is 13.3. The SMILES string of the molecule is Cc1nc2c(F)cc(-c3nc(Nc4ccc(CN5CCN(C(=O)COCCOCCOCCOCCOCCSc6cccc7c6C(=O)N(C6CCC(=O)NC6=O)C7=O)CC5)cn4)ncc3F)cc2n1C(C)C. The van der Waals surface area contributed by atoms with E-state index < -0.39 is 41.3 Å². The summed E-state index contributed by atoms with van der Waals surface area (Å²) in [4.78, 5) is 85.9. The highest BCUT2D eigenvalue weighted by Gasteiger charge is 2.45. The number of imidazole rings is 1. The van der Waals surface area contributed by atoms with Gasteiger partial charge in [-0.2, -0.15) is 0 Å². The Labute approximate surface area is 424 Å². The number of hydrogen-bond donors (Lipinski definition) is 2. The average Bonchev–Trinajstić information content (AvgIpc) is 3.85. The second kappa shape index (κ2) is 25.1. The summed E-state index contributed by atoms with van der Waals surface area (Å²) in [5.41, 5.74) is 2.48. The number of hydrogen-bond acceptors (Lipinski definition) is 17. The van der Waals surface area contributed by atoms with Gasteiger partial charge in [-0.25, -0.2) is 28.7 Å². The minimum Gasteiger partial charge on any atom is -0.378 e. The molecule has 0 aliphatic carbocycles. The molecule has 5 aromatic rings. The minimum absolute atomic E-state index is 0.0226. The smallest absolute Gasteiger partial charge is 0.263 e. The van der Waals surface area contributed by atoms with E-state index in [1.165, 1.54) is 17.8 Å². The number of ether oxygens (including phenoxy) is 5. The van der Waals surface area contributed by atoms with Crippen LogP contribution in [0.15, 0.2) is 59.8 Å². The van der Waals surface area contributed by atoms with Crippen molar-refractivity contribution < 1.29 is 56.4 Å². The first-order chi connectivity index (χ1) is 35.4. The predicted octanol–water partition coefficient (Wildman–Crippen LogP) is 4.72. The van der Waals surface area contributed by atoms with E-state index in [1.54, 1.807) is 41.4 Å². The number of piperidine rings is 1. The van der Waals surface area contributed by atoms with E-state index in [2.05, 4.69) is 35.5 Å². The van der Waals surface area contributed by atoms with E-state index in [-0.39, 0.29) is 71.9 Å². The van der Waals surface area contributed by atoms with Gasteiger partial charge in [0, 0.05) is 67.6 Å². The standard InChI is InChI=1S/C50H58F2N10O10S/c1-31(2)61-32(3)55-46-36(51)25-34(26-39(46)61)45-37(52)28-54-50(58-45)56-41-9-7-33(27-53-41)29-59-11-13-60(14-12-59)43(64)30-72-22-21-70-18-17-68-15-16-69-19-20-71-23-24-73-40-6-4-5-35-44(40)49(67)62(48(35)66)38-8-10-42(63)57-47(38)65/h4-7,9,25-28,31,38H,8,10-24,29-30H2,1-3H3,(H,57,63,65)(H,53,54,56,58). The molecule has 1 atom stereocenters. The highest BCUT2D eigenvalue weighted by molar-refractivity contribution is 7.99. The third-order valence-corrected chi connectivity index (χ3v) is 13.3. The van der Waals surface area contributed by atoms with E-state index in [0.29, 0.717) is 113 Å². The maximum absolute atomic E-state index is 15.1. The first-order valence-corrected chi connectivity index (χ1v) is 25.1. The fourth-order valence-electron chi connectivity index (χ4n) is 8.75. The molecule has 6 heterocycles. The number of thioether (sulfide) groups is 1. The number of carbonyl (C=O) groups is 5. The molecule has 5 amide bonds. The Kier molecular flexibility index (Phi) is 18.2. The van der Waals surface area contributed by atoms with Crippen LogP contribution in [-0.2, 0) is 44.6 Å². The fourth-order valence-corrected chi connectivity index (χ4v) is 9.69. The summed E-state index contributed by atoms with van der Waals surface area (Å²) in [7, 11) is 0. The van der Waals surface area contributed by atoms with Crippen molar-refractivity contribution >= 4 is 64.1 Å². The van der Waals surface area contributed by atoms with Gasteiger partial charge in [0.15, 0.2) is 11.6 Å². The number of aryl methyl sites for hydroxylation is 1. The van der Waals surface area contributed by atoms with Crippen molar-refractivity contribution in [3.63, 3.8) is 0 Å². The Bertz CT molecular complexity index is 2790. The highest BCUT2D eigenvalue weighted by atomic mass is 32.2. The summed E-state index contributed by atoms with van der Waals surface area (Å²) in [6, 6.07) is 10.7. The molecular formula is C50H58F2N10O10S. The number of anilines is 2. The van der Waals surface area contributed by atoms with Crippen LogP contribution in [-0.4, -0.2) is 173 Å². The van der Waals surface area contributed by atoms with Gasteiger partial charge in [0.1, 0.15) is 35.5 Å². The molecule has 1 unspecified atom stereocenters. The number of rotatable bonds is 25. The van der Waals surface area contributed by atoms with Crippen LogP contribution in [0.4, 0.5) is 20.5 Å². The molecule has 2 saturated heterocycles. The molecule has 20 nitrogen and oxygen atoms in total. The summed E-state index contributed by atoms with van der Waals surface area (Å²) in [6.45, 7) is 12.1. The number of benzene rings is 2. The van der Waals surface area contributed by atoms with E-state index in [9.17, 15) is 24.0 Å². The molecule has 23 heteroatoms. The molecule has 3 aliphatic heterocycles. The number of amides is 5. The molecule has 0 spiro atoms. The zero-order valence-electron chi connectivity index (χ0n) is 40.9. The van der Waals surface area contributed by atoms with Gasteiger partial charge >= 0.3 is 0 Å².